The first-order valence-electron chi connectivity index (χ1n) is 10.5. The zero-order valence-electron chi connectivity index (χ0n) is 18.5. The van der Waals surface area contributed by atoms with E-state index >= 15 is 0 Å². The fraction of sp³-hybridized carbons (Fsp3) is 0.227. The number of carbonyl (C=O) groups is 4. The summed E-state index contributed by atoms with van der Waals surface area (Å²) in [6.45, 7) is 0.125. The number of carboxylic acids is 1. The Bertz CT molecular complexity index is 1380. The van der Waals surface area contributed by atoms with Gasteiger partial charge in [-0.1, -0.05) is 30.3 Å². The molecule has 2 unspecified atom stereocenters. The molecule has 0 bridgehead atoms. The molecule has 12 nitrogen and oxygen atoms in total. The monoisotopic (exact) mass is 533 g/mol. The topological polar surface area (TPSA) is 188 Å². The molecule has 3 amide bonds. The predicted octanol–water partition coefficient (Wildman–Crippen LogP) is -0.559. The van der Waals surface area contributed by atoms with Gasteiger partial charge in [0.25, 0.3) is 16.0 Å². The second-order valence-corrected chi connectivity index (χ2v) is 10.7. The second-order valence-electron chi connectivity index (χ2n) is 8.08. The van der Waals surface area contributed by atoms with Crippen molar-refractivity contribution in [2.75, 3.05) is 5.75 Å². The smallest absolute Gasteiger partial charge is 0.352 e. The molecule has 0 saturated carbocycles. The maximum Gasteiger partial charge on any atom is 0.352 e. The average molecular weight is 534 g/mol. The Morgan fingerprint density at radius 3 is 2.36 bits per heavy atom. The molecule has 0 aliphatic carbocycles. The van der Waals surface area contributed by atoms with Gasteiger partial charge < -0.3 is 16.2 Å². The summed E-state index contributed by atoms with van der Waals surface area (Å²) in [7, 11) is -4.85. The molecule has 0 radical (unpaired) electrons. The van der Waals surface area contributed by atoms with E-state index in [1.807, 2.05) is 0 Å². The maximum atomic E-state index is 12.9. The van der Waals surface area contributed by atoms with Crippen molar-refractivity contribution in [3.63, 3.8) is 0 Å². The largest absolute Gasteiger partial charge is 0.477 e. The highest BCUT2D eigenvalue weighted by molar-refractivity contribution is 8.00. The van der Waals surface area contributed by atoms with Crippen LogP contribution in [-0.2, 0) is 31.0 Å². The minimum absolute atomic E-state index is 0.0187. The van der Waals surface area contributed by atoms with E-state index in [4.69, 9.17) is 5.73 Å². The highest BCUT2D eigenvalue weighted by Gasteiger charge is 2.55. The number of nitrogens with zero attached hydrogens (tertiary/aromatic N) is 2. The number of carboxylic acid groups (broad SMARTS) is 1. The number of aromatic nitrogens is 1. The minimum atomic E-state index is -4.85. The number of aliphatic carboxylic acids is 1. The van der Waals surface area contributed by atoms with Crippen LogP contribution in [0, 0.1) is 0 Å². The summed E-state index contributed by atoms with van der Waals surface area (Å²) in [5, 5.41) is 9.47. The van der Waals surface area contributed by atoms with Crippen molar-refractivity contribution in [3.8, 4) is 0 Å². The first kappa shape index (κ1) is 25.3. The van der Waals surface area contributed by atoms with Crippen molar-refractivity contribution in [1.82, 2.24) is 10.2 Å². The first-order valence-corrected chi connectivity index (χ1v) is 13.0. The van der Waals surface area contributed by atoms with Crippen LogP contribution in [-0.4, -0.2) is 63.8 Å². The van der Waals surface area contributed by atoms with E-state index in [0.29, 0.717) is 5.57 Å². The summed E-state index contributed by atoms with van der Waals surface area (Å²) in [5.74, 6) is -3.53. The van der Waals surface area contributed by atoms with E-state index in [2.05, 4.69) is 5.32 Å². The van der Waals surface area contributed by atoms with Gasteiger partial charge in [0.15, 0.2) is 24.2 Å². The summed E-state index contributed by atoms with van der Waals surface area (Å²) in [6, 6.07) is 9.12. The van der Waals surface area contributed by atoms with E-state index in [9.17, 15) is 37.3 Å². The number of primary amides is 1. The number of nitrogens with one attached hydrogen (secondary N) is 1. The average Bonchev–Trinajstić information content (AvgIpc) is 2.82. The van der Waals surface area contributed by atoms with Crippen molar-refractivity contribution >= 4 is 45.6 Å². The number of nitrogens with two attached hydrogens (primary N) is 1. The summed E-state index contributed by atoms with van der Waals surface area (Å²) >= 11 is 1.21. The van der Waals surface area contributed by atoms with Crippen LogP contribution >= 0.6 is 11.8 Å². The number of amides is 3. The Kier molecular flexibility index (Phi) is 6.84. The Morgan fingerprint density at radius 2 is 1.81 bits per heavy atom. The number of benzene rings is 1. The molecule has 36 heavy (non-hydrogen) atoms. The molecule has 3 heterocycles. The van der Waals surface area contributed by atoms with Gasteiger partial charge in [0, 0.05) is 23.5 Å². The third-order valence-electron chi connectivity index (χ3n) is 5.73. The second kappa shape index (κ2) is 9.72. The lowest BCUT2D eigenvalue weighted by atomic mass is 10.0. The standard InChI is InChI=1S/C22H20N4O8S2/c23-18(27)13-6-8-25(9-7-13)10-14-11-35-21-15(20(29)26(21)16(14)22(30)31)24-19(28)17(36(32,33)34)12-4-2-1-3-5-12/h1-9,15,17,21H,10-11H2,(H4-,23,24,27,28,30,31,32,33,34)/p+1/t15-,17?,21?/m0/s1. The predicted molar refractivity (Wildman–Crippen MR) is 126 cm³/mol. The number of fused-ring (bicyclic) bond motifs is 1. The molecule has 4 rings (SSSR count). The number of hydrogen-bond acceptors (Lipinski definition) is 7. The zero-order valence-corrected chi connectivity index (χ0v) is 20.1. The summed E-state index contributed by atoms with van der Waals surface area (Å²) in [5.41, 5.74) is 5.73. The summed E-state index contributed by atoms with van der Waals surface area (Å²) < 4.78 is 35.1. The van der Waals surface area contributed by atoms with E-state index in [-0.39, 0.29) is 29.1 Å². The van der Waals surface area contributed by atoms with Gasteiger partial charge in [-0.05, 0) is 5.56 Å². The molecule has 1 aromatic carbocycles. The molecule has 2 aliphatic heterocycles. The van der Waals surface area contributed by atoms with Crippen LogP contribution in [0.25, 0.3) is 0 Å². The quantitative estimate of drug-likeness (QED) is 0.196. The van der Waals surface area contributed by atoms with Crippen LogP contribution in [0.2, 0.25) is 0 Å². The Morgan fingerprint density at radius 1 is 1.17 bits per heavy atom. The molecule has 1 aromatic heterocycles. The Labute approximate surface area is 209 Å². The van der Waals surface area contributed by atoms with Crippen molar-refractivity contribution in [3.05, 3.63) is 77.3 Å². The SMILES string of the molecule is NC(=O)c1cc[n+](CC2=C(C(=O)O)N3C(=O)[C@H](NC(=O)C(c4ccccc4)S(=O)(=O)O)C3SC2)cc1. The number of carbonyl (C=O) groups excluding carboxylic acids is 3. The van der Waals surface area contributed by atoms with Crippen LogP contribution in [0.4, 0.5) is 0 Å². The van der Waals surface area contributed by atoms with Crippen LogP contribution in [0.3, 0.4) is 0 Å². The van der Waals surface area contributed by atoms with Crippen LogP contribution in [0.15, 0.2) is 66.1 Å². The molecular formula is C22H21N4O8S2+. The lowest BCUT2D eigenvalue weighted by Gasteiger charge is -2.49. The number of rotatable bonds is 8. The molecule has 0 spiro atoms. The van der Waals surface area contributed by atoms with Gasteiger partial charge in [0.1, 0.15) is 17.1 Å². The highest BCUT2D eigenvalue weighted by atomic mass is 32.2. The van der Waals surface area contributed by atoms with Crippen molar-refractivity contribution in [1.29, 1.82) is 0 Å². The number of hydrogen-bond donors (Lipinski definition) is 4. The molecule has 3 atom stereocenters. The molecule has 188 valence electrons. The molecule has 1 fully saturated rings. The minimum Gasteiger partial charge on any atom is -0.477 e. The zero-order chi connectivity index (χ0) is 26.2. The molecule has 2 aromatic rings. The van der Waals surface area contributed by atoms with Crippen LogP contribution in [0.5, 0.6) is 0 Å². The molecule has 5 N–H and O–H groups in total. The normalized spacial score (nSPS) is 20.2. The van der Waals surface area contributed by atoms with Gasteiger partial charge in [-0.3, -0.25) is 23.8 Å². The third kappa shape index (κ3) is 4.82. The van der Waals surface area contributed by atoms with E-state index in [1.165, 1.54) is 48.2 Å². The van der Waals surface area contributed by atoms with Gasteiger partial charge in [-0.25, -0.2) is 9.36 Å². The van der Waals surface area contributed by atoms with Gasteiger partial charge in [0.05, 0.1) is 5.56 Å². The maximum absolute atomic E-state index is 12.9. The highest BCUT2D eigenvalue weighted by Crippen LogP contribution is 2.40. The first-order chi connectivity index (χ1) is 17.0. The molecule has 2 aliphatic rings. The molecule has 1 saturated heterocycles. The molecular weight excluding hydrogens is 512 g/mol. The van der Waals surface area contributed by atoms with Crippen molar-refractivity contribution in [2.45, 2.75) is 23.2 Å². The van der Waals surface area contributed by atoms with E-state index in [1.54, 1.807) is 23.0 Å². The number of thioether (sulfide) groups is 1. The number of β-lactam (4-membered cyclic amide) rings is 1. The fourth-order valence-electron chi connectivity index (χ4n) is 4.07. The van der Waals surface area contributed by atoms with Gasteiger partial charge in [-0.2, -0.15) is 8.42 Å². The van der Waals surface area contributed by atoms with Crippen LogP contribution < -0.4 is 15.6 Å². The number of pyridine rings is 1. The van der Waals surface area contributed by atoms with Gasteiger partial charge >= 0.3 is 5.97 Å². The summed E-state index contributed by atoms with van der Waals surface area (Å²) in [4.78, 5) is 50.1. The van der Waals surface area contributed by atoms with E-state index in [0.717, 1.165) is 4.90 Å². The van der Waals surface area contributed by atoms with Gasteiger partial charge in [-0.15, -0.1) is 11.8 Å². The van der Waals surface area contributed by atoms with Crippen molar-refractivity contribution in [2.24, 2.45) is 5.73 Å². The Balaban J connectivity index is 1.54. The van der Waals surface area contributed by atoms with Gasteiger partial charge in [0.2, 0.25) is 11.8 Å². The fourth-order valence-corrected chi connectivity index (χ4v) is 6.24. The summed E-state index contributed by atoms with van der Waals surface area (Å²) in [6.07, 6.45) is 3.12. The lowest BCUT2D eigenvalue weighted by molar-refractivity contribution is -0.689. The lowest BCUT2D eigenvalue weighted by Crippen LogP contribution is -2.71. The van der Waals surface area contributed by atoms with Crippen molar-refractivity contribution < 1.29 is 41.8 Å². The Hall–Kier alpha value is -3.75. The van der Waals surface area contributed by atoms with Crippen LogP contribution in [0.1, 0.15) is 21.2 Å². The van der Waals surface area contributed by atoms with E-state index < -0.39 is 50.5 Å². The third-order valence-corrected chi connectivity index (χ3v) is 8.16. The molecule has 14 heteroatoms.